The highest BCUT2D eigenvalue weighted by molar-refractivity contribution is 7.92. The minimum absolute atomic E-state index is 0.0367. The molecule has 0 saturated heterocycles. The van der Waals surface area contributed by atoms with Crippen molar-refractivity contribution in [1.29, 1.82) is 0 Å². The Morgan fingerprint density at radius 2 is 1.73 bits per heavy atom. The van der Waals surface area contributed by atoms with E-state index in [9.17, 15) is 23.3 Å². The van der Waals surface area contributed by atoms with Crippen molar-refractivity contribution < 1.29 is 27.6 Å². The highest BCUT2D eigenvalue weighted by Gasteiger charge is 2.26. The van der Waals surface area contributed by atoms with E-state index < -0.39 is 27.6 Å². The van der Waals surface area contributed by atoms with Crippen LogP contribution in [-0.2, 0) is 20.6 Å². The van der Waals surface area contributed by atoms with Crippen molar-refractivity contribution in [3.8, 4) is 11.5 Å². The lowest BCUT2D eigenvalue weighted by atomic mass is 10.1. The second-order valence-electron chi connectivity index (χ2n) is 6.79. The number of non-ortho nitro benzene ring substituents is 1. The molecule has 0 spiro atoms. The van der Waals surface area contributed by atoms with Gasteiger partial charge in [-0.15, -0.1) is 11.6 Å². The first-order valence-electron chi connectivity index (χ1n) is 9.50. The van der Waals surface area contributed by atoms with E-state index in [0.717, 1.165) is 22.7 Å². The van der Waals surface area contributed by atoms with Gasteiger partial charge in [-0.1, -0.05) is 36.4 Å². The van der Waals surface area contributed by atoms with Crippen LogP contribution in [0, 0.1) is 10.1 Å². The maximum Gasteiger partial charge on any atom is 0.340 e. The molecule has 3 aromatic carbocycles. The molecule has 33 heavy (non-hydrogen) atoms. The molecule has 0 aliphatic rings. The van der Waals surface area contributed by atoms with E-state index in [1.165, 1.54) is 12.1 Å². The molecule has 0 heterocycles. The molecular formula is C22H19ClN2O7S. The number of nitro groups is 1. The monoisotopic (exact) mass is 490 g/mol. The SMILES string of the molecule is CS(=O)(=O)N(COC(=O)c1ccccc1CCl)c1ccc([N+](=O)[O-])cc1Oc1ccccc1. The summed E-state index contributed by atoms with van der Waals surface area (Å²) in [5.74, 6) is -0.468. The third-order valence-corrected chi connectivity index (χ3v) is 5.88. The van der Waals surface area contributed by atoms with Gasteiger partial charge in [-0.2, -0.15) is 0 Å². The summed E-state index contributed by atoms with van der Waals surface area (Å²) in [7, 11) is -3.98. The van der Waals surface area contributed by atoms with Gasteiger partial charge in [-0.3, -0.25) is 10.1 Å². The molecule has 0 saturated carbocycles. The van der Waals surface area contributed by atoms with Crippen LogP contribution in [0.1, 0.15) is 15.9 Å². The van der Waals surface area contributed by atoms with E-state index in [4.69, 9.17) is 21.1 Å². The molecule has 3 aromatic rings. The first-order valence-corrected chi connectivity index (χ1v) is 11.9. The molecule has 3 rings (SSSR count). The number of sulfonamides is 1. The number of alkyl halides is 1. The number of hydrogen-bond donors (Lipinski definition) is 0. The Bertz CT molecular complexity index is 1270. The summed E-state index contributed by atoms with van der Waals surface area (Å²) >= 11 is 5.86. The second kappa shape index (κ2) is 10.3. The van der Waals surface area contributed by atoms with Crippen molar-refractivity contribution in [3.63, 3.8) is 0 Å². The number of anilines is 1. The number of rotatable bonds is 9. The first-order chi connectivity index (χ1) is 15.7. The Hall–Kier alpha value is -3.63. The van der Waals surface area contributed by atoms with E-state index in [0.29, 0.717) is 11.3 Å². The van der Waals surface area contributed by atoms with Crippen molar-refractivity contribution in [2.45, 2.75) is 5.88 Å². The number of halogens is 1. The predicted molar refractivity (Wildman–Crippen MR) is 123 cm³/mol. The normalized spacial score (nSPS) is 11.0. The van der Waals surface area contributed by atoms with Crippen LogP contribution < -0.4 is 9.04 Å². The number of ether oxygens (including phenoxy) is 2. The lowest BCUT2D eigenvalue weighted by Crippen LogP contribution is -2.33. The minimum Gasteiger partial charge on any atom is -0.455 e. The average molecular weight is 491 g/mol. The van der Waals surface area contributed by atoms with Crippen LogP contribution in [0.3, 0.4) is 0 Å². The Labute approximate surface area is 195 Å². The molecule has 0 atom stereocenters. The zero-order valence-corrected chi connectivity index (χ0v) is 19.0. The zero-order chi connectivity index (χ0) is 24.0. The summed E-state index contributed by atoms with van der Waals surface area (Å²) in [4.78, 5) is 23.2. The topological polar surface area (TPSA) is 116 Å². The fourth-order valence-electron chi connectivity index (χ4n) is 2.89. The number of carbonyl (C=O) groups is 1. The minimum atomic E-state index is -3.98. The summed E-state index contributed by atoms with van der Waals surface area (Å²) in [6.45, 7) is -0.683. The van der Waals surface area contributed by atoms with Crippen molar-refractivity contribution in [3.05, 3.63) is 94.0 Å². The van der Waals surface area contributed by atoms with E-state index >= 15 is 0 Å². The quantitative estimate of drug-likeness (QED) is 0.140. The van der Waals surface area contributed by atoms with Gasteiger partial charge in [-0.25, -0.2) is 17.5 Å². The fourth-order valence-corrected chi connectivity index (χ4v) is 3.88. The van der Waals surface area contributed by atoms with Gasteiger partial charge in [0.15, 0.2) is 12.5 Å². The molecular weight excluding hydrogens is 472 g/mol. The van der Waals surface area contributed by atoms with E-state index in [1.54, 1.807) is 48.5 Å². The summed E-state index contributed by atoms with van der Waals surface area (Å²) in [5.41, 5.74) is 0.389. The molecule has 0 aliphatic heterocycles. The largest absolute Gasteiger partial charge is 0.455 e. The molecule has 0 radical (unpaired) electrons. The number of carbonyl (C=O) groups excluding carboxylic acids is 1. The molecule has 172 valence electrons. The maximum absolute atomic E-state index is 12.6. The molecule has 0 unspecified atom stereocenters. The Kier molecular flexibility index (Phi) is 7.52. The van der Waals surface area contributed by atoms with Crippen LogP contribution in [0.25, 0.3) is 0 Å². The standard InChI is InChI=1S/C22H19ClN2O7S/c1-33(29,30)24(15-31-22(26)19-10-6-5-7-16(19)14-23)20-12-11-17(25(27)28)13-21(20)32-18-8-3-2-4-9-18/h2-13H,14-15H2,1H3. The van der Waals surface area contributed by atoms with E-state index in [2.05, 4.69) is 0 Å². The van der Waals surface area contributed by atoms with Crippen LogP contribution in [0.5, 0.6) is 11.5 Å². The van der Waals surface area contributed by atoms with Gasteiger partial charge in [0.2, 0.25) is 10.0 Å². The second-order valence-corrected chi connectivity index (χ2v) is 8.96. The number of benzene rings is 3. The van der Waals surface area contributed by atoms with Gasteiger partial charge < -0.3 is 9.47 Å². The number of nitrogens with zero attached hydrogens (tertiary/aromatic N) is 2. The lowest BCUT2D eigenvalue weighted by molar-refractivity contribution is -0.384. The Morgan fingerprint density at radius 1 is 1.06 bits per heavy atom. The number of nitro benzene ring substituents is 1. The summed E-state index contributed by atoms with van der Waals surface area (Å²) in [5, 5.41) is 11.3. The van der Waals surface area contributed by atoms with Gasteiger partial charge in [0.25, 0.3) is 5.69 Å². The summed E-state index contributed by atoms with van der Waals surface area (Å²) in [6.07, 6.45) is 0.918. The van der Waals surface area contributed by atoms with Crippen LogP contribution in [-0.4, -0.2) is 32.3 Å². The third-order valence-electron chi connectivity index (χ3n) is 4.49. The van der Waals surface area contributed by atoms with Crippen molar-refractivity contribution in [2.75, 3.05) is 17.3 Å². The fraction of sp³-hybridized carbons (Fsp3) is 0.136. The number of para-hydroxylation sites is 1. The summed E-state index contributed by atoms with van der Waals surface area (Å²) in [6, 6.07) is 18.3. The zero-order valence-electron chi connectivity index (χ0n) is 17.4. The molecule has 0 aliphatic carbocycles. The molecule has 0 bridgehead atoms. The van der Waals surface area contributed by atoms with Gasteiger partial charge in [0, 0.05) is 11.9 Å². The van der Waals surface area contributed by atoms with Crippen LogP contribution in [0.15, 0.2) is 72.8 Å². The molecule has 9 nitrogen and oxygen atoms in total. The van der Waals surface area contributed by atoms with Crippen LogP contribution >= 0.6 is 11.6 Å². The summed E-state index contributed by atoms with van der Waals surface area (Å²) < 4.78 is 36.9. The average Bonchev–Trinajstić information content (AvgIpc) is 2.79. The smallest absolute Gasteiger partial charge is 0.340 e. The Morgan fingerprint density at radius 3 is 2.36 bits per heavy atom. The number of esters is 1. The van der Waals surface area contributed by atoms with Gasteiger partial charge in [0.05, 0.1) is 28.5 Å². The molecule has 11 heteroatoms. The lowest BCUT2D eigenvalue weighted by Gasteiger charge is -2.24. The van der Waals surface area contributed by atoms with Gasteiger partial charge >= 0.3 is 5.97 Å². The molecule has 0 N–H and O–H groups in total. The van der Waals surface area contributed by atoms with Crippen molar-refractivity contribution in [1.82, 2.24) is 0 Å². The van der Waals surface area contributed by atoms with Gasteiger partial charge in [0.1, 0.15) is 5.75 Å². The van der Waals surface area contributed by atoms with E-state index in [1.807, 2.05) is 0 Å². The highest BCUT2D eigenvalue weighted by Crippen LogP contribution is 2.36. The van der Waals surface area contributed by atoms with Crippen molar-refractivity contribution >= 4 is 39.0 Å². The van der Waals surface area contributed by atoms with Crippen LogP contribution in [0.2, 0.25) is 0 Å². The third kappa shape index (κ3) is 5.99. The molecule has 0 amide bonds. The Balaban J connectivity index is 1.96. The molecule has 0 fully saturated rings. The maximum atomic E-state index is 12.6. The first kappa shape index (κ1) is 24.0. The predicted octanol–water partition coefficient (Wildman–Crippen LogP) is 4.71. The molecule has 0 aromatic heterocycles. The highest BCUT2D eigenvalue weighted by atomic mass is 35.5. The van der Waals surface area contributed by atoms with Crippen molar-refractivity contribution in [2.24, 2.45) is 0 Å². The van der Waals surface area contributed by atoms with E-state index in [-0.39, 0.29) is 28.6 Å². The van der Waals surface area contributed by atoms with Gasteiger partial charge in [-0.05, 0) is 29.8 Å². The van der Waals surface area contributed by atoms with Crippen LogP contribution in [0.4, 0.5) is 11.4 Å². The number of hydrogen-bond acceptors (Lipinski definition) is 7.